The molecular formula is C20H36ClN3O2. The second-order valence-electron chi connectivity index (χ2n) is 8.51. The molecule has 0 aromatic rings. The number of carbonyl (C=O) groups excluding carboxylic acids is 2. The number of halogens is 1. The molecule has 0 heterocycles. The summed E-state index contributed by atoms with van der Waals surface area (Å²) in [5, 5.41) is 6.37. The van der Waals surface area contributed by atoms with Crippen LogP contribution in [0.5, 0.6) is 0 Å². The average Bonchev–Trinajstić information content (AvgIpc) is 3.46. The fourth-order valence-corrected chi connectivity index (χ4v) is 4.61. The summed E-state index contributed by atoms with van der Waals surface area (Å²) in [6.45, 7) is 0.545. The van der Waals surface area contributed by atoms with Gasteiger partial charge in [-0.05, 0) is 63.2 Å². The molecular weight excluding hydrogens is 350 g/mol. The molecule has 5 nitrogen and oxygen atoms in total. The highest BCUT2D eigenvalue weighted by molar-refractivity contribution is 5.85. The molecule has 3 rings (SSSR count). The van der Waals surface area contributed by atoms with E-state index in [1.165, 1.54) is 44.9 Å². The van der Waals surface area contributed by atoms with Crippen LogP contribution in [0.1, 0.15) is 77.0 Å². The van der Waals surface area contributed by atoms with Crippen LogP contribution in [0.4, 0.5) is 0 Å². The normalized spacial score (nSPS) is 27.9. The first-order valence-electron chi connectivity index (χ1n) is 10.5. The molecule has 1 unspecified atom stereocenters. The van der Waals surface area contributed by atoms with Gasteiger partial charge in [0.2, 0.25) is 11.8 Å². The van der Waals surface area contributed by atoms with Gasteiger partial charge in [0.1, 0.15) is 0 Å². The van der Waals surface area contributed by atoms with Crippen molar-refractivity contribution in [1.82, 2.24) is 10.6 Å². The largest absolute Gasteiger partial charge is 0.353 e. The van der Waals surface area contributed by atoms with E-state index in [-0.39, 0.29) is 42.2 Å². The van der Waals surface area contributed by atoms with Gasteiger partial charge in [-0.15, -0.1) is 12.4 Å². The summed E-state index contributed by atoms with van der Waals surface area (Å²) in [5.74, 6) is 1.68. The van der Waals surface area contributed by atoms with E-state index in [2.05, 4.69) is 10.6 Å². The van der Waals surface area contributed by atoms with Gasteiger partial charge >= 0.3 is 0 Å². The van der Waals surface area contributed by atoms with Gasteiger partial charge < -0.3 is 16.4 Å². The Bertz CT molecular complexity index is 456. The molecule has 0 spiro atoms. The number of carbonyl (C=O) groups is 2. The van der Waals surface area contributed by atoms with Gasteiger partial charge in [0.25, 0.3) is 0 Å². The van der Waals surface area contributed by atoms with Crippen molar-refractivity contribution in [2.45, 2.75) is 89.1 Å². The number of rotatable bonds is 7. The van der Waals surface area contributed by atoms with Gasteiger partial charge in [0.05, 0.1) is 0 Å². The van der Waals surface area contributed by atoms with Crippen molar-refractivity contribution in [3.8, 4) is 0 Å². The zero-order valence-corrected chi connectivity index (χ0v) is 16.7. The molecule has 4 N–H and O–H groups in total. The lowest BCUT2D eigenvalue weighted by atomic mass is 9.84. The fraction of sp³-hybridized carbons (Fsp3) is 0.900. The molecule has 0 bridgehead atoms. The van der Waals surface area contributed by atoms with Gasteiger partial charge in [-0.1, -0.05) is 19.3 Å². The second kappa shape index (κ2) is 10.5. The third kappa shape index (κ3) is 6.41. The van der Waals surface area contributed by atoms with E-state index < -0.39 is 0 Å². The Morgan fingerprint density at radius 3 is 2.15 bits per heavy atom. The maximum Gasteiger partial charge on any atom is 0.223 e. The van der Waals surface area contributed by atoms with Crippen molar-refractivity contribution in [1.29, 1.82) is 0 Å². The average molecular weight is 386 g/mol. The third-order valence-electron chi connectivity index (χ3n) is 6.43. The van der Waals surface area contributed by atoms with E-state index >= 15 is 0 Å². The molecule has 26 heavy (non-hydrogen) atoms. The lowest BCUT2D eigenvalue weighted by molar-refractivity contribution is -0.127. The summed E-state index contributed by atoms with van der Waals surface area (Å²) in [6, 6.07) is 0.425. The second-order valence-corrected chi connectivity index (χ2v) is 8.51. The molecule has 0 aliphatic heterocycles. The molecule has 2 amide bonds. The van der Waals surface area contributed by atoms with Crippen LogP contribution in [0, 0.1) is 17.8 Å². The monoisotopic (exact) mass is 385 g/mol. The molecule has 0 aromatic heterocycles. The van der Waals surface area contributed by atoms with E-state index in [4.69, 9.17) is 5.73 Å². The first kappa shape index (κ1) is 21.5. The van der Waals surface area contributed by atoms with Crippen LogP contribution >= 0.6 is 12.4 Å². The molecule has 3 saturated carbocycles. The quantitative estimate of drug-likeness (QED) is 0.629. The number of amides is 2. The standard InChI is InChI=1S/C20H35N3O2.ClH/c21-13-18(15-6-7-15)23-20(25)16-8-10-17(11-9-16)22-19(24)12-14-4-2-1-3-5-14;/h14-18H,1-13,21H2,(H,22,24)(H,23,25);1H. The van der Waals surface area contributed by atoms with Crippen molar-refractivity contribution >= 4 is 24.2 Å². The predicted molar refractivity (Wildman–Crippen MR) is 106 cm³/mol. The van der Waals surface area contributed by atoms with Crippen molar-refractivity contribution in [2.24, 2.45) is 23.5 Å². The number of hydrogen-bond acceptors (Lipinski definition) is 3. The van der Waals surface area contributed by atoms with E-state index in [1.807, 2.05) is 0 Å². The van der Waals surface area contributed by atoms with E-state index in [0.717, 1.165) is 25.7 Å². The number of hydrogen-bond donors (Lipinski definition) is 3. The molecule has 0 aromatic carbocycles. The molecule has 0 radical (unpaired) electrons. The van der Waals surface area contributed by atoms with Gasteiger partial charge in [-0.2, -0.15) is 0 Å². The van der Waals surface area contributed by atoms with Crippen LogP contribution in [-0.4, -0.2) is 30.4 Å². The molecule has 3 fully saturated rings. The summed E-state index contributed by atoms with van der Waals surface area (Å²) in [4.78, 5) is 24.7. The third-order valence-corrected chi connectivity index (χ3v) is 6.43. The number of nitrogens with one attached hydrogen (secondary N) is 2. The molecule has 150 valence electrons. The highest BCUT2D eigenvalue weighted by atomic mass is 35.5. The van der Waals surface area contributed by atoms with Gasteiger partial charge in [0.15, 0.2) is 0 Å². The highest BCUT2D eigenvalue weighted by Gasteiger charge is 2.34. The Morgan fingerprint density at radius 1 is 0.923 bits per heavy atom. The van der Waals surface area contributed by atoms with Gasteiger partial charge in [0, 0.05) is 31.0 Å². The van der Waals surface area contributed by atoms with Crippen molar-refractivity contribution in [3.05, 3.63) is 0 Å². The van der Waals surface area contributed by atoms with E-state index in [0.29, 0.717) is 24.8 Å². The minimum absolute atomic E-state index is 0. The smallest absolute Gasteiger partial charge is 0.223 e. The fourth-order valence-electron chi connectivity index (χ4n) is 4.61. The van der Waals surface area contributed by atoms with Crippen LogP contribution in [0.15, 0.2) is 0 Å². The number of nitrogens with two attached hydrogens (primary N) is 1. The Kier molecular flexibility index (Phi) is 8.68. The summed E-state index contributed by atoms with van der Waals surface area (Å²) in [5.41, 5.74) is 5.78. The minimum Gasteiger partial charge on any atom is -0.353 e. The van der Waals surface area contributed by atoms with Crippen LogP contribution in [0.2, 0.25) is 0 Å². The molecule has 3 aliphatic carbocycles. The zero-order valence-electron chi connectivity index (χ0n) is 15.9. The topological polar surface area (TPSA) is 84.2 Å². The van der Waals surface area contributed by atoms with Gasteiger partial charge in [-0.25, -0.2) is 0 Å². The Labute approximate surface area is 164 Å². The van der Waals surface area contributed by atoms with Crippen molar-refractivity contribution < 1.29 is 9.59 Å². The van der Waals surface area contributed by atoms with Crippen LogP contribution in [0.3, 0.4) is 0 Å². The minimum atomic E-state index is 0. The lowest BCUT2D eigenvalue weighted by Gasteiger charge is -2.30. The zero-order chi connectivity index (χ0) is 17.6. The first-order valence-corrected chi connectivity index (χ1v) is 10.5. The van der Waals surface area contributed by atoms with Crippen LogP contribution in [-0.2, 0) is 9.59 Å². The van der Waals surface area contributed by atoms with Crippen LogP contribution < -0.4 is 16.4 Å². The summed E-state index contributed by atoms with van der Waals surface area (Å²) >= 11 is 0. The van der Waals surface area contributed by atoms with E-state index in [9.17, 15) is 9.59 Å². The summed E-state index contributed by atoms with van der Waals surface area (Å²) in [7, 11) is 0. The molecule has 1 atom stereocenters. The lowest BCUT2D eigenvalue weighted by Crippen LogP contribution is -2.46. The molecule has 0 saturated heterocycles. The molecule has 6 heteroatoms. The highest BCUT2D eigenvalue weighted by Crippen LogP contribution is 2.33. The van der Waals surface area contributed by atoms with Gasteiger partial charge in [-0.3, -0.25) is 9.59 Å². The maximum atomic E-state index is 12.4. The van der Waals surface area contributed by atoms with Crippen LogP contribution in [0.25, 0.3) is 0 Å². The predicted octanol–water partition coefficient (Wildman–Crippen LogP) is 2.91. The molecule has 3 aliphatic rings. The van der Waals surface area contributed by atoms with E-state index in [1.54, 1.807) is 0 Å². The Hall–Kier alpha value is -0.810. The Morgan fingerprint density at radius 2 is 1.58 bits per heavy atom. The SMILES string of the molecule is Cl.NCC(NC(=O)C1CCC(NC(=O)CC2CCCCC2)CC1)C1CC1. The summed E-state index contributed by atoms with van der Waals surface area (Å²) < 4.78 is 0. The van der Waals surface area contributed by atoms with Crippen molar-refractivity contribution in [2.75, 3.05) is 6.54 Å². The first-order chi connectivity index (χ1) is 12.2. The van der Waals surface area contributed by atoms with Crippen molar-refractivity contribution in [3.63, 3.8) is 0 Å². The maximum absolute atomic E-state index is 12.4. The Balaban J connectivity index is 0.00000243. The summed E-state index contributed by atoms with van der Waals surface area (Å²) in [6.07, 6.45) is 13.0.